The fraction of sp³-hybridized carbons (Fsp3) is 0.125. The first-order valence-electron chi connectivity index (χ1n) is 3.59. The third-order valence-electron chi connectivity index (χ3n) is 1.40. The van der Waals surface area contributed by atoms with Crippen molar-refractivity contribution in [3.8, 4) is 0 Å². The molecule has 0 aliphatic heterocycles. The van der Waals surface area contributed by atoms with E-state index in [1.807, 2.05) is 11.4 Å². The molecular weight excluding hydrogens is 204 g/mol. The summed E-state index contributed by atoms with van der Waals surface area (Å²) in [7, 11) is 1.80. The van der Waals surface area contributed by atoms with Crippen LogP contribution in [-0.2, 0) is 4.79 Å². The molecule has 13 heavy (non-hydrogen) atoms. The second kappa shape index (κ2) is 4.34. The van der Waals surface area contributed by atoms with Gasteiger partial charge < -0.3 is 10.6 Å². The number of carbonyl (C=O) groups excluding carboxylic acids is 1. The Balaban J connectivity index is 2.74. The predicted molar refractivity (Wildman–Crippen MR) is 60.6 cm³/mol. The van der Waals surface area contributed by atoms with Crippen molar-refractivity contribution in [2.24, 2.45) is 0 Å². The van der Waals surface area contributed by atoms with Crippen LogP contribution in [0.3, 0.4) is 0 Å². The van der Waals surface area contributed by atoms with Gasteiger partial charge in [-0.3, -0.25) is 4.79 Å². The van der Waals surface area contributed by atoms with Crippen LogP contribution < -0.4 is 10.6 Å². The molecule has 1 aromatic rings. The summed E-state index contributed by atoms with van der Waals surface area (Å²) in [6.45, 7) is 3.43. The smallest absolute Gasteiger partial charge is 0.261 e. The number of nitrogens with one attached hydrogen (secondary N) is 2. The van der Waals surface area contributed by atoms with Crippen LogP contribution >= 0.6 is 24.0 Å². The third kappa shape index (κ3) is 2.50. The van der Waals surface area contributed by atoms with Crippen LogP contribution in [0, 0.1) is 0 Å². The summed E-state index contributed by atoms with van der Waals surface area (Å²) in [5.41, 5.74) is 0.757. The van der Waals surface area contributed by atoms with E-state index in [1.54, 1.807) is 7.05 Å². The molecule has 0 aliphatic carbocycles. The Hall–Kier alpha value is -0.940. The average Bonchev–Trinajstić information content (AvgIpc) is 2.51. The lowest BCUT2D eigenvalue weighted by atomic mass is 10.4. The van der Waals surface area contributed by atoms with Gasteiger partial charge in [0, 0.05) is 7.05 Å². The van der Waals surface area contributed by atoms with Crippen LogP contribution in [0.4, 0.5) is 10.7 Å². The highest BCUT2D eigenvalue weighted by Gasteiger charge is 2.07. The molecule has 0 atom stereocenters. The molecule has 1 aromatic heterocycles. The summed E-state index contributed by atoms with van der Waals surface area (Å²) in [6.07, 6.45) is 0. The van der Waals surface area contributed by atoms with Crippen molar-refractivity contribution >= 4 is 40.6 Å². The molecule has 0 aliphatic rings. The van der Waals surface area contributed by atoms with Gasteiger partial charge in [-0.25, -0.2) is 0 Å². The minimum atomic E-state index is -0.279. The monoisotopic (exact) mass is 214 g/mol. The number of hydrogen-bond donors (Lipinski definition) is 3. The first-order chi connectivity index (χ1) is 6.15. The van der Waals surface area contributed by atoms with Crippen molar-refractivity contribution in [2.45, 2.75) is 0 Å². The largest absolute Gasteiger partial charge is 0.378 e. The number of anilines is 2. The van der Waals surface area contributed by atoms with E-state index in [0.717, 1.165) is 10.7 Å². The Labute approximate surface area is 86.3 Å². The van der Waals surface area contributed by atoms with E-state index in [1.165, 1.54) is 11.3 Å². The minimum Gasteiger partial charge on any atom is -0.378 e. The molecule has 70 valence electrons. The molecule has 1 amide bonds. The van der Waals surface area contributed by atoms with Crippen LogP contribution in [-0.4, -0.2) is 13.0 Å². The van der Waals surface area contributed by atoms with Crippen molar-refractivity contribution < 1.29 is 4.79 Å². The molecule has 0 saturated carbocycles. The average molecular weight is 214 g/mol. The highest BCUT2D eigenvalue weighted by molar-refractivity contribution is 7.85. The Bertz CT molecular complexity index is 333. The van der Waals surface area contributed by atoms with Crippen molar-refractivity contribution in [3.63, 3.8) is 0 Å². The summed E-state index contributed by atoms with van der Waals surface area (Å²) < 4.78 is 0. The standard InChI is InChI=1S/C8H10N2OS2/c1-5(12)7(11)10-6-3-4-13-8(6)9-2/h3-4,9,12H,1H2,2H3,(H,10,11). The first-order valence-corrected chi connectivity index (χ1v) is 4.92. The highest BCUT2D eigenvalue weighted by Crippen LogP contribution is 2.28. The number of thiophene rings is 1. The van der Waals surface area contributed by atoms with Crippen LogP contribution in [0.1, 0.15) is 0 Å². The summed E-state index contributed by atoms with van der Waals surface area (Å²) >= 11 is 5.37. The minimum absolute atomic E-state index is 0.202. The Morgan fingerprint density at radius 1 is 1.69 bits per heavy atom. The first kappa shape index (κ1) is 10.1. The molecule has 0 saturated heterocycles. The van der Waals surface area contributed by atoms with Crippen molar-refractivity contribution in [1.29, 1.82) is 0 Å². The lowest BCUT2D eigenvalue weighted by Crippen LogP contribution is -2.11. The highest BCUT2D eigenvalue weighted by atomic mass is 32.1. The van der Waals surface area contributed by atoms with E-state index in [4.69, 9.17) is 0 Å². The zero-order valence-corrected chi connectivity index (χ0v) is 8.84. The van der Waals surface area contributed by atoms with Crippen molar-refractivity contribution in [2.75, 3.05) is 17.7 Å². The maximum Gasteiger partial charge on any atom is 0.261 e. The fourth-order valence-corrected chi connectivity index (χ4v) is 1.56. The molecule has 0 bridgehead atoms. The van der Waals surface area contributed by atoms with Gasteiger partial charge in [-0.15, -0.1) is 24.0 Å². The van der Waals surface area contributed by atoms with Gasteiger partial charge in [0.1, 0.15) is 5.00 Å². The molecule has 0 fully saturated rings. The maximum absolute atomic E-state index is 11.2. The van der Waals surface area contributed by atoms with Gasteiger partial charge in [-0.1, -0.05) is 6.58 Å². The zero-order valence-electron chi connectivity index (χ0n) is 7.13. The van der Waals surface area contributed by atoms with Gasteiger partial charge in [0.05, 0.1) is 10.6 Å². The van der Waals surface area contributed by atoms with E-state index in [0.29, 0.717) is 0 Å². The fourth-order valence-electron chi connectivity index (χ4n) is 0.796. The van der Waals surface area contributed by atoms with Gasteiger partial charge in [0.2, 0.25) is 0 Å². The van der Waals surface area contributed by atoms with Gasteiger partial charge in [-0.2, -0.15) is 0 Å². The van der Waals surface area contributed by atoms with Crippen LogP contribution in [0.2, 0.25) is 0 Å². The maximum atomic E-state index is 11.2. The van der Waals surface area contributed by atoms with E-state index in [9.17, 15) is 4.79 Å². The second-order valence-corrected chi connectivity index (χ2v) is 3.77. The van der Waals surface area contributed by atoms with Crippen molar-refractivity contribution in [1.82, 2.24) is 0 Å². The molecule has 0 unspecified atom stereocenters. The quantitative estimate of drug-likeness (QED) is 0.533. The molecule has 5 heteroatoms. The molecule has 3 nitrogen and oxygen atoms in total. The summed E-state index contributed by atoms with van der Waals surface area (Å²) in [5.74, 6) is -0.279. The molecule has 0 radical (unpaired) electrons. The number of rotatable bonds is 3. The molecule has 0 spiro atoms. The van der Waals surface area contributed by atoms with E-state index in [-0.39, 0.29) is 10.8 Å². The van der Waals surface area contributed by atoms with Gasteiger partial charge in [-0.05, 0) is 11.4 Å². The van der Waals surface area contributed by atoms with Crippen molar-refractivity contribution in [3.05, 3.63) is 22.9 Å². The summed E-state index contributed by atoms with van der Waals surface area (Å²) in [5, 5.41) is 8.45. The van der Waals surface area contributed by atoms with Crippen LogP contribution in [0.15, 0.2) is 22.9 Å². The Kier molecular flexibility index (Phi) is 3.39. The molecule has 1 heterocycles. The normalized spacial score (nSPS) is 9.38. The van der Waals surface area contributed by atoms with Gasteiger partial charge in [0.25, 0.3) is 5.91 Å². The SMILES string of the molecule is C=C(S)C(=O)Nc1ccsc1NC. The number of hydrogen-bond acceptors (Lipinski definition) is 4. The lowest BCUT2D eigenvalue weighted by Gasteiger charge is -2.04. The third-order valence-corrected chi connectivity index (χ3v) is 2.54. The van der Waals surface area contributed by atoms with E-state index >= 15 is 0 Å². The predicted octanol–water partition coefficient (Wildman–Crippen LogP) is 2.17. The van der Waals surface area contributed by atoms with E-state index in [2.05, 4.69) is 29.8 Å². The lowest BCUT2D eigenvalue weighted by molar-refractivity contribution is -0.112. The number of amides is 1. The van der Waals surface area contributed by atoms with E-state index < -0.39 is 0 Å². The molecule has 1 rings (SSSR count). The summed E-state index contributed by atoms with van der Waals surface area (Å²) in [4.78, 5) is 11.4. The second-order valence-electron chi connectivity index (χ2n) is 2.31. The zero-order chi connectivity index (χ0) is 9.84. The molecule has 2 N–H and O–H groups in total. The Morgan fingerprint density at radius 3 is 2.92 bits per heavy atom. The van der Waals surface area contributed by atoms with Crippen LogP contribution in [0.25, 0.3) is 0 Å². The number of carbonyl (C=O) groups is 1. The van der Waals surface area contributed by atoms with Gasteiger partial charge >= 0.3 is 0 Å². The molecule has 0 aromatic carbocycles. The van der Waals surface area contributed by atoms with Crippen LogP contribution in [0.5, 0.6) is 0 Å². The number of thiol groups is 1. The topological polar surface area (TPSA) is 41.1 Å². The van der Waals surface area contributed by atoms with Gasteiger partial charge in [0.15, 0.2) is 0 Å². The summed E-state index contributed by atoms with van der Waals surface area (Å²) in [6, 6.07) is 1.82. The molecular formula is C8H10N2OS2. The Morgan fingerprint density at radius 2 is 2.38 bits per heavy atom.